The number of phenolic OH excluding ortho intramolecular Hbond substituents is 1. The first-order valence-corrected chi connectivity index (χ1v) is 13.7. The van der Waals surface area contributed by atoms with Crippen LogP contribution in [0.2, 0.25) is 0 Å². The third-order valence-electron chi connectivity index (χ3n) is 4.29. The van der Waals surface area contributed by atoms with Gasteiger partial charge in [0.1, 0.15) is 11.4 Å². The Kier molecular flexibility index (Phi) is 7.16. The highest BCUT2D eigenvalue weighted by atomic mass is 32.2. The molecule has 1 heterocycles. The van der Waals surface area contributed by atoms with Crippen LogP contribution in [0.1, 0.15) is 24.3 Å². The molecule has 2 N–H and O–H groups in total. The van der Waals surface area contributed by atoms with Gasteiger partial charge >= 0.3 is 5.51 Å². The normalized spacial score (nSPS) is 13.0. The fraction of sp³-hybridized carbons (Fsp3) is 0.294. The number of aromatic hydroxyl groups is 1. The van der Waals surface area contributed by atoms with Gasteiger partial charge in [0.25, 0.3) is 15.7 Å². The number of halogens is 3. The lowest BCUT2D eigenvalue weighted by molar-refractivity contribution is -0.0436. The molecule has 0 saturated carbocycles. The van der Waals surface area contributed by atoms with Crippen molar-refractivity contribution in [2.45, 2.75) is 34.2 Å². The van der Waals surface area contributed by atoms with E-state index in [1.165, 1.54) is 13.8 Å². The molecule has 182 valence electrons. The second kappa shape index (κ2) is 8.90. The predicted octanol–water partition coefficient (Wildman–Crippen LogP) is 1.92. The molecule has 16 heteroatoms. The van der Waals surface area contributed by atoms with Crippen molar-refractivity contribution in [1.29, 1.82) is 0 Å². The van der Waals surface area contributed by atoms with Crippen molar-refractivity contribution in [2.75, 3.05) is 16.8 Å². The van der Waals surface area contributed by atoms with Crippen LogP contribution in [0, 0.1) is 0 Å². The number of anilines is 1. The molecule has 1 aromatic heterocycles. The maximum atomic E-state index is 12.8. The molecular formula is C17H17F3N2O8S3. The number of pyridine rings is 1. The van der Waals surface area contributed by atoms with Gasteiger partial charge in [-0.25, -0.2) is 30.2 Å². The van der Waals surface area contributed by atoms with Crippen molar-refractivity contribution in [3.63, 3.8) is 0 Å². The summed E-state index contributed by atoms with van der Waals surface area (Å²) in [7, 11) is -13.9. The van der Waals surface area contributed by atoms with E-state index in [1.54, 1.807) is 0 Å². The largest absolute Gasteiger partial charge is 0.506 e. The summed E-state index contributed by atoms with van der Waals surface area (Å²) >= 11 is 0. The maximum absolute atomic E-state index is 12.8. The van der Waals surface area contributed by atoms with Crippen molar-refractivity contribution in [3.8, 4) is 5.75 Å². The molecule has 10 nitrogen and oxygen atoms in total. The van der Waals surface area contributed by atoms with Crippen LogP contribution in [-0.2, 0) is 29.5 Å². The van der Waals surface area contributed by atoms with Gasteiger partial charge in [-0.05, 0) is 30.3 Å². The zero-order chi connectivity index (χ0) is 25.4. The van der Waals surface area contributed by atoms with E-state index in [0.717, 1.165) is 12.1 Å². The minimum atomic E-state index is -5.83. The number of carbonyl (C=O) groups excluding carboxylic acids is 1. The Labute approximate surface area is 187 Å². The van der Waals surface area contributed by atoms with E-state index in [9.17, 15) is 48.3 Å². The number of hydrogen-bond donors (Lipinski definition) is 2. The lowest BCUT2D eigenvalue weighted by atomic mass is 10.2. The number of amides is 1. The summed E-state index contributed by atoms with van der Waals surface area (Å²) in [5, 5.41) is 11.1. The maximum Gasteiger partial charge on any atom is 0.501 e. The number of phenols is 1. The molecule has 0 saturated heterocycles. The Morgan fingerprint density at radius 3 is 2.06 bits per heavy atom. The smallest absolute Gasteiger partial charge is 0.501 e. The van der Waals surface area contributed by atoms with Crippen molar-refractivity contribution >= 4 is 41.1 Å². The molecule has 0 radical (unpaired) electrons. The van der Waals surface area contributed by atoms with Crippen LogP contribution >= 0.6 is 0 Å². The van der Waals surface area contributed by atoms with Crippen LogP contribution in [0.3, 0.4) is 0 Å². The molecule has 0 unspecified atom stereocenters. The molecule has 1 amide bonds. The molecule has 0 spiro atoms. The van der Waals surface area contributed by atoms with Gasteiger partial charge in [-0.2, -0.15) is 13.2 Å². The van der Waals surface area contributed by atoms with Gasteiger partial charge in [0.15, 0.2) is 24.7 Å². The number of nitrogens with one attached hydrogen (secondary N) is 1. The Hall–Kier alpha value is -2.72. The van der Waals surface area contributed by atoms with Gasteiger partial charge in [-0.3, -0.25) is 4.79 Å². The van der Waals surface area contributed by atoms with Crippen LogP contribution in [-0.4, -0.2) is 58.3 Å². The monoisotopic (exact) mass is 530 g/mol. The van der Waals surface area contributed by atoms with Crippen molar-refractivity contribution in [2.24, 2.45) is 0 Å². The summed E-state index contributed by atoms with van der Waals surface area (Å²) in [6.07, 6.45) is 0. The zero-order valence-corrected chi connectivity index (χ0v) is 19.4. The standard InChI is InChI=1S/C17H17F3N2O8S3/c1-3-31(25,26)13-7-8-14(32(27,28)4-2)22-15(13)16(24)21-11-9-10(5-6-12(11)23)33(29,30)17(18,19)20/h5-9,23H,3-4H2,1-2H3,(H,21,24). The number of rotatable bonds is 7. The fourth-order valence-electron chi connectivity index (χ4n) is 2.42. The lowest BCUT2D eigenvalue weighted by Gasteiger charge is -2.13. The second-order valence-electron chi connectivity index (χ2n) is 6.39. The van der Waals surface area contributed by atoms with E-state index in [0.29, 0.717) is 18.2 Å². The van der Waals surface area contributed by atoms with E-state index < -0.39 is 84.4 Å². The molecule has 0 fully saturated rings. The number of benzene rings is 1. The highest BCUT2D eigenvalue weighted by Gasteiger charge is 2.47. The third-order valence-corrected chi connectivity index (χ3v) is 9.16. The Balaban J connectivity index is 2.65. The van der Waals surface area contributed by atoms with Gasteiger partial charge in [-0.15, -0.1) is 0 Å². The second-order valence-corrected chi connectivity index (χ2v) is 12.8. The third kappa shape index (κ3) is 5.27. The fourth-order valence-corrected chi connectivity index (χ4v) is 5.02. The Morgan fingerprint density at radius 2 is 1.55 bits per heavy atom. The number of alkyl halides is 3. The molecule has 0 aliphatic rings. The van der Waals surface area contributed by atoms with E-state index in [-0.39, 0.29) is 0 Å². The number of sulfone groups is 3. The van der Waals surface area contributed by atoms with Crippen LogP contribution in [0.5, 0.6) is 5.75 Å². The summed E-state index contributed by atoms with van der Waals surface area (Å²) in [5.74, 6) is -3.19. The highest BCUT2D eigenvalue weighted by Crippen LogP contribution is 2.34. The molecule has 1 aromatic carbocycles. The average Bonchev–Trinajstić information content (AvgIpc) is 2.73. The van der Waals surface area contributed by atoms with Crippen LogP contribution in [0.15, 0.2) is 45.1 Å². The summed E-state index contributed by atoms with van der Waals surface area (Å²) in [5.41, 5.74) is -7.39. The highest BCUT2D eigenvalue weighted by molar-refractivity contribution is 7.92. The summed E-state index contributed by atoms with van der Waals surface area (Å²) in [4.78, 5) is 14.4. The molecule has 2 rings (SSSR count). The van der Waals surface area contributed by atoms with E-state index in [4.69, 9.17) is 0 Å². The van der Waals surface area contributed by atoms with E-state index in [1.807, 2.05) is 5.32 Å². The summed E-state index contributed by atoms with van der Waals surface area (Å²) < 4.78 is 111. The van der Waals surface area contributed by atoms with Crippen molar-refractivity contribution in [1.82, 2.24) is 4.98 Å². The molecule has 33 heavy (non-hydrogen) atoms. The Bertz CT molecular complexity index is 1420. The molecule has 0 aliphatic heterocycles. The molecule has 2 aromatic rings. The first-order chi connectivity index (χ1) is 15.0. The quantitative estimate of drug-likeness (QED) is 0.509. The predicted molar refractivity (Wildman–Crippen MR) is 109 cm³/mol. The number of hydrogen-bond acceptors (Lipinski definition) is 9. The summed E-state index contributed by atoms with van der Waals surface area (Å²) in [6.45, 7) is 2.52. The molecule has 0 atom stereocenters. The molecule has 0 bridgehead atoms. The number of carbonyl (C=O) groups is 1. The van der Waals surface area contributed by atoms with Gasteiger partial charge in [-0.1, -0.05) is 13.8 Å². The van der Waals surface area contributed by atoms with E-state index in [2.05, 4.69) is 4.98 Å². The van der Waals surface area contributed by atoms with Gasteiger partial charge in [0.2, 0.25) is 0 Å². The first kappa shape index (κ1) is 26.5. The topological polar surface area (TPSA) is 165 Å². The zero-order valence-electron chi connectivity index (χ0n) is 16.9. The van der Waals surface area contributed by atoms with Gasteiger partial charge in [0, 0.05) is 0 Å². The van der Waals surface area contributed by atoms with Crippen molar-refractivity contribution in [3.05, 3.63) is 36.0 Å². The molecular weight excluding hydrogens is 513 g/mol. The van der Waals surface area contributed by atoms with E-state index >= 15 is 0 Å². The Morgan fingerprint density at radius 1 is 0.970 bits per heavy atom. The summed E-state index contributed by atoms with van der Waals surface area (Å²) in [6, 6.07) is 3.06. The number of aromatic nitrogens is 1. The van der Waals surface area contributed by atoms with Crippen LogP contribution < -0.4 is 5.32 Å². The lowest BCUT2D eigenvalue weighted by Crippen LogP contribution is -2.24. The minimum absolute atomic E-state index is 0.316. The number of nitrogens with zero attached hydrogens (tertiary/aromatic N) is 1. The SMILES string of the molecule is CCS(=O)(=O)c1ccc(S(=O)(=O)CC)c(C(=O)Nc2cc(S(=O)(=O)C(F)(F)F)ccc2O)n1. The molecule has 0 aliphatic carbocycles. The van der Waals surface area contributed by atoms with Crippen molar-refractivity contribution < 1.29 is 48.3 Å². The van der Waals surface area contributed by atoms with Gasteiger partial charge in [0.05, 0.1) is 27.0 Å². The van der Waals surface area contributed by atoms with Gasteiger partial charge < -0.3 is 10.4 Å². The first-order valence-electron chi connectivity index (χ1n) is 8.90. The van der Waals surface area contributed by atoms with Crippen LogP contribution in [0.4, 0.5) is 18.9 Å². The average molecular weight is 531 g/mol. The minimum Gasteiger partial charge on any atom is -0.506 e. The van der Waals surface area contributed by atoms with Crippen LogP contribution in [0.25, 0.3) is 0 Å².